The SMILES string of the molecule is CC1(COC(=O)N2CCC(C3OCc4cc(-c5ccc(C(=O)NCCO)cc5)ccc4O3)CC2)CC1. The van der Waals surface area contributed by atoms with Crippen LogP contribution >= 0.6 is 0 Å². The molecule has 0 radical (unpaired) electrons. The minimum absolute atomic E-state index is 0.0860. The standard InChI is InChI=1S/C28H34N2O6/c1-28(10-11-28)18-35-27(33)30-13-8-21(9-14-30)26-34-17-23-16-22(6-7-24(23)36-26)19-2-4-20(5-3-19)25(32)29-12-15-31/h2-7,16,21,26,31H,8-15,17-18H2,1H3,(H,29,32). The van der Waals surface area contributed by atoms with Gasteiger partial charge in [-0.3, -0.25) is 4.79 Å². The van der Waals surface area contributed by atoms with Crippen molar-refractivity contribution >= 4 is 12.0 Å². The van der Waals surface area contributed by atoms with Gasteiger partial charge in [0.25, 0.3) is 5.91 Å². The van der Waals surface area contributed by atoms with Crippen LogP contribution in [0, 0.1) is 11.3 Å². The number of amides is 2. The average Bonchev–Trinajstić information content (AvgIpc) is 3.67. The average molecular weight is 495 g/mol. The van der Waals surface area contributed by atoms with Crippen molar-refractivity contribution in [3.05, 3.63) is 53.6 Å². The van der Waals surface area contributed by atoms with Crippen molar-refractivity contribution in [1.29, 1.82) is 0 Å². The molecule has 1 saturated heterocycles. The fraction of sp³-hybridized carbons (Fsp3) is 0.500. The van der Waals surface area contributed by atoms with Crippen LogP contribution in [0.1, 0.15) is 48.5 Å². The highest BCUT2D eigenvalue weighted by molar-refractivity contribution is 5.94. The molecule has 2 fully saturated rings. The number of ether oxygens (including phenoxy) is 3. The summed E-state index contributed by atoms with van der Waals surface area (Å²) < 4.78 is 17.8. The number of nitrogens with one attached hydrogen (secondary N) is 1. The molecule has 2 amide bonds. The van der Waals surface area contributed by atoms with Crippen molar-refractivity contribution in [2.24, 2.45) is 11.3 Å². The number of hydrogen-bond acceptors (Lipinski definition) is 6. The minimum Gasteiger partial charge on any atom is -0.464 e. The first-order valence-corrected chi connectivity index (χ1v) is 12.8. The fourth-order valence-electron chi connectivity index (χ4n) is 4.67. The number of fused-ring (bicyclic) bond motifs is 1. The molecule has 1 aliphatic carbocycles. The van der Waals surface area contributed by atoms with E-state index in [-0.39, 0.29) is 42.8 Å². The number of aliphatic hydroxyl groups excluding tert-OH is 1. The first kappa shape index (κ1) is 24.6. The van der Waals surface area contributed by atoms with Crippen LogP contribution in [-0.4, -0.2) is 61.1 Å². The van der Waals surface area contributed by atoms with Crippen molar-refractivity contribution < 1.29 is 28.9 Å². The molecular formula is C28H34N2O6. The molecule has 8 nitrogen and oxygen atoms in total. The number of rotatable bonds is 7. The fourth-order valence-corrected chi connectivity index (χ4v) is 4.67. The highest BCUT2D eigenvalue weighted by Gasteiger charge is 2.39. The van der Waals surface area contributed by atoms with Gasteiger partial charge in [0.2, 0.25) is 6.29 Å². The van der Waals surface area contributed by atoms with Crippen molar-refractivity contribution in [1.82, 2.24) is 10.2 Å². The number of carbonyl (C=O) groups excluding carboxylic acids is 2. The van der Waals surface area contributed by atoms with Gasteiger partial charge in [0.15, 0.2) is 0 Å². The smallest absolute Gasteiger partial charge is 0.409 e. The number of carbonyl (C=O) groups is 2. The van der Waals surface area contributed by atoms with Crippen LogP contribution < -0.4 is 10.1 Å². The zero-order valence-corrected chi connectivity index (χ0v) is 20.7. The Balaban J connectivity index is 1.14. The molecule has 0 aromatic heterocycles. The summed E-state index contributed by atoms with van der Waals surface area (Å²) in [6.45, 7) is 4.60. The number of piperidine rings is 1. The maximum atomic E-state index is 12.4. The number of hydrogen-bond donors (Lipinski definition) is 2. The van der Waals surface area contributed by atoms with Crippen molar-refractivity contribution in [3.63, 3.8) is 0 Å². The first-order chi connectivity index (χ1) is 17.4. The van der Waals surface area contributed by atoms with E-state index >= 15 is 0 Å². The van der Waals surface area contributed by atoms with Crippen LogP contribution in [0.25, 0.3) is 11.1 Å². The van der Waals surface area contributed by atoms with Gasteiger partial charge in [0.05, 0.1) is 19.8 Å². The normalized spacial score (nSPS) is 20.7. The lowest BCUT2D eigenvalue weighted by molar-refractivity contribution is -0.148. The summed E-state index contributed by atoms with van der Waals surface area (Å²) in [6.07, 6.45) is 3.40. The van der Waals surface area contributed by atoms with E-state index in [9.17, 15) is 9.59 Å². The second-order valence-electron chi connectivity index (χ2n) is 10.4. The zero-order valence-electron chi connectivity index (χ0n) is 20.7. The van der Waals surface area contributed by atoms with Crippen molar-refractivity contribution in [2.75, 3.05) is 32.8 Å². The third-order valence-electron chi connectivity index (χ3n) is 7.41. The molecule has 3 aliphatic rings. The quantitative estimate of drug-likeness (QED) is 0.605. The zero-order chi connectivity index (χ0) is 25.1. The van der Waals surface area contributed by atoms with Crippen LogP contribution in [-0.2, 0) is 16.1 Å². The topological polar surface area (TPSA) is 97.3 Å². The largest absolute Gasteiger partial charge is 0.464 e. The second kappa shape index (κ2) is 10.5. The lowest BCUT2D eigenvalue weighted by atomic mass is 9.95. The minimum atomic E-state index is -0.316. The summed E-state index contributed by atoms with van der Waals surface area (Å²) in [6, 6.07) is 13.4. The second-order valence-corrected chi connectivity index (χ2v) is 10.4. The molecule has 36 heavy (non-hydrogen) atoms. The molecule has 5 rings (SSSR count). The Hall–Kier alpha value is -3.10. The van der Waals surface area contributed by atoms with Crippen LogP contribution in [0.4, 0.5) is 4.79 Å². The van der Waals surface area contributed by atoms with Crippen LogP contribution in [0.3, 0.4) is 0 Å². The van der Waals surface area contributed by atoms with Gasteiger partial charge in [-0.15, -0.1) is 0 Å². The number of nitrogens with zero attached hydrogens (tertiary/aromatic N) is 1. The highest BCUT2D eigenvalue weighted by Crippen LogP contribution is 2.45. The summed E-state index contributed by atoms with van der Waals surface area (Å²) in [5.74, 6) is 0.853. The molecule has 1 saturated carbocycles. The third kappa shape index (κ3) is 5.65. The predicted molar refractivity (Wildman–Crippen MR) is 133 cm³/mol. The third-order valence-corrected chi connectivity index (χ3v) is 7.41. The molecule has 2 aromatic carbocycles. The van der Waals surface area contributed by atoms with E-state index in [0.717, 1.165) is 48.1 Å². The maximum Gasteiger partial charge on any atom is 0.409 e. The molecule has 2 aliphatic heterocycles. The van der Waals surface area contributed by atoms with Gasteiger partial charge < -0.3 is 29.5 Å². The number of aliphatic hydroxyl groups is 1. The summed E-state index contributed by atoms with van der Waals surface area (Å²) in [7, 11) is 0. The molecule has 1 atom stereocenters. The molecule has 2 N–H and O–H groups in total. The Morgan fingerprint density at radius 2 is 1.83 bits per heavy atom. The molecule has 0 spiro atoms. The molecular weight excluding hydrogens is 460 g/mol. The summed E-state index contributed by atoms with van der Waals surface area (Å²) in [4.78, 5) is 26.2. The molecule has 2 heterocycles. The van der Waals surface area contributed by atoms with E-state index in [1.165, 1.54) is 0 Å². The van der Waals surface area contributed by atoms with Crippen LogP contribution in [0.5, 0.6) is 5.75 Å². The molecule has 192 valence electrons. The van der Waals surface area contributed by atoms with E-state index in [4.69, 9.17) is 19.3 Å². The van der Waals surface area contributed by atoms with Gasteiger partial charge in [0.1, 0.15) is 5.75 Å². The number of benzene rings is 2. The lowest BCUT2D eigenvalue weighted by Crippen LogP contribution is -2.44. The summed E-state index contributed by atoms with van der Waals surface area (Å²) in [5.41, 5.74) is 3.76. The Morgan fingerprint density at radius 1 is 1.11 bits per heavy atom. The Kier molecular flexibility index (Phi) is 7.16. The van der Waals surface area contributed by atoms with E-state index in [1.807, 2.05) is 24.3 Å². The molecule has 2 aromatic rings. The van der Waals surface area contributed by atoms with Gasteiger partial charge in [-0.25, -0.2) is 4.79 Å². The first-order valence-electron chi connectivity index (χ1n) is 12.8. The van der Waals surface area contributed by atoms with Gasteiger partial charge >= 0.3 is 6.09 Å². The number of likely N-dealkylation sites (tertiary alicyclic amines) is 1. The van der Waals surface area contributed by atoms with E-state index < -0.39 is 0 Å². The monoisotopic (exact) mass is 494 g/mol. The Morgan fingerprint density at radius 3 is 2.53 bits per heavy atom. The van der Waals surface area contributed by atoms with Crippen LogP contribution in [0.15, 0.2) is 42.5 Å². The Bertz CT molecular complexity index is 1090. The van der Waals surface area contributed by atoms with Gasteiger partial charge in [-0.2, -0.15) is 0 Å². The van der Waals surface area contributed by atoms with E-state index in [2.05, 4.69) is 18.3 Å². The van der Waals surface area contributed by atoms with Crippen LogP contribution in [0.2, 0.25) is 0 Å². The van der Waals surface area contributed by atoms with Crippen molar-refractivity contribution in [3.8, 4) is 16.9 Å². The highest BCUT2D eigenvalue weighted by atomic mass is 16.7. The molecule has 0 bridgehead atoms. The van der Waals surface area contributed by atoms with Gasteiger partial charge in [-0.05, 0) is 61.1 Å². The van der Waals surface area contributed by atoms with Gasteiger partial charge in [-0.1, -0.05) is 25.1 Å². The van der Waals surface area contributed by atoms with E-state index in [0.29, 0.717) is 31.9 Å². The predicted octanol–water partition coefficient (Wildman–Crippen LogP) is 3.96. The summed E-state index contributed by atoms with van der Waals surface area (Å²) >= 11 is 0. The maximum absolute atomic E-state index is 12.4. The van der Waals surface area contributed by atoms with Gasteiger partial charge in [0, 0.05) is 42.1 Å². The van der Waals surface area contributed by atoms with E-state index in [1.54, 1.807) is 17.0 Å². The lowest BCUT2D eigenvalue weighted by Gasteiger charge is -2.37. The van der Waals surface area contributed by atoms with Crippen molar-refractivity contribution in [2.45, 2.75) is 45.5 Å². The molecule has 1 unspecified atom stereocenters. The molecule has 8 heteroatoms. The Labute approximate surface area is 211 Å². The summed E-state index contributed by atoms with van der Waals surface area (Å²) in [5, 5.41) is 11.5.